The molecule has 166 valence electrons. The standard InChI is InChI=1S/C21H14Cl2F3N3O3/c22-14-5-3-12(4-6-14)16-9-17(18-2-1-7-32-18)29(27-16)19(30)11-28-10-13(21(24,25)26)8-15(23)20(28)31/h1-8,10,17H,9,11H2/t17-/m0/s1. The number of amides is 1. The van der Waals surface area contributed by atoms with Gasteiger partial charge in [0.1, 0.15) is 23.4 Å². The molecule has 3 heterocycles. The lowest BCUT2D eigenvalue weighted by Crippen LogP contribution is -2.34. The van der Waals surface area contributed by atoms with Crippen molar-refractivity contribution in [2.75, 3.05) is 0 Å². The van der Waals surface area contributed by atoms with E-state index in [1.165, 1.54) is 6.26 Å². The molecule has 0 radical (unpaired) electrons. The first-order valence-corrected chi connectivity index (χ1v) is 10.0. The van der Waals surface area contributed by atoms with Crippen LogP contribution in [0, 0.1) is 0 Å². The number of carbonyl (C=O) groups is 1. The van der Waals surface area contributed by atoms with Gasteiger partial charge in [0, 0.05) is 17.6 Å². The van der Waals surface area contributed by atoms with Crippen molar-refractivity contribution in [1.82, 2.24) is 9.58 Å². The predicted molar refractivity (Wildman–Crippen MR) is 112 cm³/mol. The Morgan fingerprint density at radius 2 is 1.91 bits per heavy atom. The Morgan fingerprint density at radius 1 is 1.19 bits per heavy atom. The molecule has 0 saturated heterocycles. The molecule has 11 heteroatoms. The third-order valence-corrected chi connectivity index (χ3v) is 5.41. The normalized spacial score (nSPS) is 16.3. The maximum absolute atomic E-state index is 13.1. The van der Waals surface area contributed by atoms with E-state index in [0.717, 1.165) is 10.6 Å². The van der Waals surface area contributed by atoms with Gasteiger partial charge in [-0.3, -0.25) is 9.59 Å². The Kier molecular flexibility index (Phi) is 5.87. The SMILES string of the molecule is O=C(Cn1cc(C(F)(F)F)cc(Cl)c1=O)N1N=C(c2ccc(Cl)cc2)C[C@H]1c1ccco1. The Labute approximate surface area is 189 Å². The van der Waals surface area contributed by atoms with E-state index in [-0.39, 0.29) is 0 Å². The minimum absolute atomic E-state index is 0.305. The summed E-state index contributed by atoms with van der Waals surface area (Å²) in [6.07, 6.45) is -2.42. The van der Waals surface area contributed by atoms with Gasteiger partial charge in [-0.1, -0.05) is 35.3 Å². The van der Waals surface area contributed by atoms with Crippen molar-refractivity contribution in [3.8, 4) is 0 Å². The van der Waals surface area contributed by atoms with Gasteiger partial charge in [-0.05, 0) is 35.9 Å². The summed E-state index contributed by atoms with van der Waals surface area (Å²) in [6.45, 7) is -0.683. The Balaban J connectivity index is 1.68. The van der Waals surface area contributed by atoms with Crippen LogP contribution in [0.5, 0.6) is 0 Å². The zero-order valence-electron chi connectivity index (χ0n) is 16.1. The van der Waals surface area contributed by atoms with Crippen LogP contribution >= 0.6 is 23.2 Å². The fourth-order valence-corrected chi connectivity index (χ4v) is 3.70. The summed E-state index contributed by atoms with van der Waals surface area (Å²) in [5.41, 5.74) is -0.765. The molecule has 0 N–H and O–H groups in total. The largest absolute Gasteiger partial charge is 0.467 e. The van der Waals surface area contributed by atoms with Crippen LogP contribution in [-0.2, 0) is 17.5 Å². The molecule has 0 spiro atoms. The van der Waals surface area contributed by atoms with E-state index in [1.54, 1.807) is 36.4 Å². The van der Waals surface area contributed by atoms with Gasteiger partial charge in [-0.15, -0.1) is 0 Å². The molecule has 6 nitrogen and oxygen atoms in total. The number of rotatable bonds is 4. The third-order valence-electron chi connectivity index (χ3n) is 4.89. The monoisotopic (exact) mass is 483 g/mol. The van der Waals surface area contributed by atoms with Crippen LogP contribution in [0.15, 0.2) is 69.2 Å². The summed E-state index contributed by atoms with van der Waals surface area (Å²) >= 11 is 11.6. The molecule has 0 fully saturated rings. The van der Waals surface area contributed by atoms with Crippen molar-refractivity contribution in [3.63, 3.8) is 0 Å². The van der Waals surface area contributed by atoms with Crippen molar-refractivity contribution in [2.24, 2.45) is 5.10 Å². The van der Waals surface area contributed by atoms with Crippen molar-refractivity contribution in [1.29, 1.82) is 0 Å². The van der Waals surface area contributed by atoms with E-state index in [1.807, 2.05) is 0 Å². The molecule has 1 aliphatic heterocycles. The fourth-order valence-electron chi connectivity index (χ4n) is 3.35. The van der Waals surface area contributed by atoms with Crippen LogP contribution in [-0.4, -0.2) is 21.2 Å². The van der Waals surface area contributed by atoms with Gasteiger partial charge in [-0.25, -0.2) is 5.01 Å². The molecule has 2 aromatic heterocycles. The van der Waals surface area contributed by atoms with Crippen LogP contribution in [0.25, 0.3) is 0 Å². The number of benzene rings is 1. The topological polar surface area (TPSA) is 67.8 Å². The summed E-state index contributed by atoms with van der Waals surface area (Å²) in [7, 11) is 0. The summed E-state index contributed by atoms with van der Waals surface area (Å²) in [4.78, 5) is 25.3. The molecule has 1 amide bonds. The van der Waals surface area contributed by atoms with Gasteiger partial charge in [0.25, 0.3) is 11.5 Å². The number of nitrogens with zero attached hydrogens (tertiary/aromatic N) is 3. The van der Waals surface area contributed by atoms with E-state index in [2.05, 4.69) is 5.10 Å². The van der Waals surface area contributed by atoms with Gasteiger partial charge in [-0.2, -0.15) is 18.3 Å². The minimum atomic E-state index is -4.73. The highest BCUT2D eigenvalue weighted by atomic mass is 35.5. The lowest BCUT2D eigenvalue weighted by molar-refractivity contribution is -0.139. The van der Waals surface area contributed by atoms with Gasteiger partial charge < -0.3 is 8.98 Å². The second-order valence-electron chi connectivity index (χ2n) is 7.03. The van der Waals surface area contributed by atoms with E-state index >= 15 is 0 Å². The molecule has 0 bridgehead atoms. The number of carbonyl (C=O) groups excluding carboxylic acids is 1. The number of alkyl halides is 3. The summed E-state index contributed by atoms with van der Waals surface area (Å²) < 4.78 is 45.4. The highest BCUT2D eigenvalue weighted by Crippen LogP contribution is 2.34. The average molecular weight is 484 g/mol. The predicted octanol–water partition coefficient (Wildman–Crippen LogP) is 5.14. The molecule has 1 aromatic carbocycles. The maximum Gasteiger partial charge on any atom is 0.417 e. The number of hydrogen-bond donors (Lipinski definition) is 0. The first kappa shape index (κ1) is 22.2. The minimum Gasteiger partial charge on any atom is -0.467 e. The van der Waals surface area contributed by atoms with Gasteiger partial charge in [0.2, 0.25) is 0 Å². The third kappa shape index (κ3) is 4.44. The van der Waals surface area contributed by atoms with Crippen LogP contribution in [0.2, 0.25) is 10.0 Å². The number of aromatic nitrogens is 1. The van der Waals surface area contributed by atoms with Crippen molar-refractivity contribution in [2.45, 2.75) is 25.2 Å². The van der Waals surface area contributed by atoms with Gasteiger partial charge in [0.05, 0.1) is 17.5 Å². The first-order chi connectivity index (χ1) is 15.1. The molecular weight excluding hydrogens is 470 g/mol. The smallest absolute Gasteiger partial charge is 0.417 e. The fraction of sp³-hybridized carbons (Fsp3) is 0.190. The maximum atomic E-state index is 13.1. The second-order valence-corrected chi connectivity index (χ2v) is 7.88. The van der Waals surface area contributed by atoms with Gasteiger partial charge in [0.15, 0.2) is 0 Å². The van der Waals surface area contributed by atoms with Crippen LogP contribution < -0.4 is 5.56 Å². The first-order valence-electron chi connectivity index (χ1n) is 9.29. The molecule has 3 aromatic rings. The molecule has 0 saturated carbocycles. The van der Waals surface area contributed by atoms with Crippen molar-refractivity contribution >= 4 is 34.8 Å². The van der Waals surface area contributed by atoms with Crippen LogP contribution in [0.4, 0.5) is 13.2 Å². The van der Waals surface area contributed by atoms with Gasteiger partial charge >= 0.3 is 6.18 Å². The average Bonchev–Trinajstić information content (AvgIpc) is 3.40. The van der Waals surface area contributed by atoms with E-state index in [4.69, 9.17) is 27.6 Å². The Morgan fingerprint density at radius 3 is 2.53 bits per heavy atom. The Hall–Kier alpha value is -3.04. The molecule has 1 aliphatic rings. The molecule has 32 heavy (non-hydrogen) atoms. The lowest BCUT2D eigenvalue weighted by atomic mass is 10.0. The molecule has 1 atom stereocenters. The van der Waals surface area contributed by atoms with E-state index in [0.29, 0.717) is 39.7 Å². The number of furan rings is 1. The zero-order chi connectivity index (χ0) is 23.0. The highest BCUT2D eigenvalue weighted by molar-refractivity contribution is 6.30. The molecule has 4 rings (SSSR count). The second kappa shape index (κ2) is 8.48. The number of pyridine rings is 1. The Bertz CT molecular complexity index is 1240. The van der Waals surface area contributed by atoms with Crippen molar-refractivity contribution in [3.05, 3.63) is 92.2 Å². The zero-order valence-corrected chi connectivity index (χ0v) is 17.7. The molecule has 0 unspecified atom stereocenters. The van der Waals surface area contributed by atoms with Crippen LogP contribution in [0.3, 0.4) is 0 Å². The molecule has 0 aliphatic carbocycles. The number of halogens is 5. The summed E-state index contributed by atoms with van der Waals surface area (Å²) in [6, 6.07) is 10.1. The van der Waals surface area contributed by atoms with Crippen molar-refractivity contribution < 1.29 is 22.4 Å². The summed E-state index contributed by atoms with van der Waals surface area (Å²) in [5, 5.41) is 5.38. The van der Waals surface area contributed by atoms with E-state index in [9.17, 15) is 22.8 Å². The quantitative estimate of drug-likeness (QED) is 0.515. The summed E-state index contributed by atoms with van der Waals surface area (Å²) in [5.74, 6) is -0.256. The highest BCUT2D eigenvalue weighted by Gasteiger charge is 2.36. The van der Waals surface area contributed by atoms with Crippen LogP contribution in [0.1, 0.15) is 29.3 Å². The number of hydrogen-bond acceptors (Lipinski definition) is 4. The molecular formula is C21H14Cl2F3N3O3. The van der Waals surface area contributed by atoms with E-state index < -0.39 is 40.8 Å². The number of hydrazone groups is 1. The lowest BCUT2D eigenvalue weighted by Gasteiger charge is -2.20.